The number of methoxy groups -OCH3 is 2. The molecule has 0 aliphatic heterocycles. The Hall–Kier alpha value is -2.75. The lowest BCUT2D eigenvalue weighted by Crippen LogP contribution is -2.01. The van der Waals surface area contributed by atoms with Crippen molar-refractivity contribution in [2.24, 2.45) is 0 Å². The number of esters is 1. The third-order valence-corrected chi connectivity index (χ3v) is 3.32. The molecule has 0 amide bonds. The zero-order valence-corrected chi connectivity index (χ0v) is 13.5. The van der Waals surface area contributed by atoms with Gasteiger partial charge in [-0.3, -0.25) is 0 Å². The highest BCUT2D eigenvalue weighted by atomic mass is 16.5. The molecule has 0 aliphatic carbocycles. The van der Waals surface area contributed by atoms with Gasteiger partial charge in [-0.2, -0.15) is 0 Å². The third-order valence-electron chi connectivity index (χ3n) is 3.32. The van der Waals surface area contributed by atoms with Crippen molar-refractivity contribution in [3.63, 3.8) is 0 Å². The Morgan fingerprint density at radius 1 is 1.04 bits per heavy atom. The van der Waals surface area contributed by atoms with E-state index >= 15 is 0 Å². The van der Waals surface area contributed by atoms with Gasteiger partial charge in [0.2, 0.25) is 0 Å². The Bertz CT molecular complexity index is 690. The van der Waals surface area contributed by atoms with Crippen LogP contribution in [0.1, 0.15) is 18.1 Å². The molecule has 0 unspecified atom stereocenters. The van der Waals surface area contributed by atoms with E-state index in [0.29, 0.717) is 23.7 Å². The number of rotatable bonds is 6. The highest BCUT2D eigenvalue weighted by Crippen LogP contribution is 2.29. The molecular weight excluding hydrogens is 292 g/mol. The molecule has 23 heavy (non-hydrogen) atoms. The molecule has 0 aromatic heterocycles. The normalized spacial score (nSPS) is 11.0. The van der Waals surface area contributed by atoms with Crippen molar-refractivity contribution in [2.75, 3.05) is 14.2 Å². The van der Waals surface area contributed by atoms with E-state index in [9.17, 15) is 4.79 Å². The number of benzene rings is 2. The second-order valence-corrected chi connectivity index (χ2v) is 5.00. The van der Waals surface area contributed by atoms with Crippen LogP contribution in [0.3, 0.4) is 0 Å². The largest absolute Gasteiger partial charge is 0.493 e. The summed E-state index contributed by atoms with van der Waals surface area (Å²) in [6.07, 6.45) is 1.75. The standard InChI is InChI=1S/C19H20O4/c1-14(19(20)22-3)11-16-9-10-17(21-2)18(12-16)23-13-15-7-5-4-6-8-15/h4-12H,13H2,1-3H3. The van der Waals surface area contributed by atoms with Crippen molar-refractivity contribution in [1.82, 2.24) is 0 Å². The fraction of sp³-hybridized carbons (Fsp3) is 0.211. The Labute approximate surface area is 136 Å². The molecule has 4 heteroatoms. The molecule has 2 aromatic carbocycles. The number of hydrogen-bond donors (Lipinski definition) is 0. The fourth-order valence-corrected chi connectivity index (χ4v) is 2.10. The zero-order valence-electron chi connectivity index (χ0n) is 13.5. The first-order chi connectivity index (χ1) is 11.1. The van der Waals surface area contributed by atoms with E-state index in [1.54, 1.807) is 20.1 Å². The SMILES string of the molecule is COC(=O)C(C)=Cc1ccc(OC)c(OCc2ccccc2)c1. The van der Waals surface area contributed by atoms with Crippen molar-refractivity contribution in [1.29, 1.82) is 0 Å². The van der Waals surface area contributed by atoms with Gasteiger partial charge in [0.15, 0.2) is 11.5 Å². The lowest BCUT2D eigenvalue weighted by molar-refractivity contribution is -0.135. The molecule has 0 saturated heterocycles. The maximum absolute atomic E-state index is 11.5. The molecule has 4 nitrogen and oxygen atoms in total. The number of ether oxygens (including phenoxy) is 3. The summed E-state index contributed by atoms with van der Waals surface area (Å²) < 4.78 is 15.9. The van der Waals surface area contributed by atoms with Gasteiger partial charge in [-0.15, -0.1) is 0 Å². The molecule has 0 atom stereocenters. The van der Waals surface area contributed by atoms with Crippen LogP contribution in [0.2, 0.25) is 0 Å². The van der Waals surface area contributed by atoms with E-state index in [0.717, 1.165) is 11.1 Å². The lowest BCUT2D eigenvalue weighted by Gasteiger charge is -2.12. The topological polar surface area (TPSA) is 44.8 Å². The summed E-state index contributed by atoms with van der Waals surface area (Å²) in [5, 5.41) is 0. The summed E-state index contributed by atoms with van der Waals surface area (Å²) in [6.45, 7) is 2.15. The van der Waals surface area contributed by atoms with Crippen LogP contribution in [0.15, 0.2) is 54.1 Å². The van der Waals surface area contributed by atoms with Gasteiger partial charge in [-0.1, -0.05) is 36.4 Å². The van der Waals surface area contributed by atoms with Crippen molar-refractivity contribution < 1.29 is 19.0 Å². The molecule has 0 aliphatic rings. The second-order valence-electron chi connectivity index (χ2n) is 5.00. The molecule has 0 bridgehead atoms. The molecule has 0 saturated carbocycles. The molecular formula is C19H20O4. The number of hydrogen-bond acceptors (Lipinski definition) is 4. The van der Waals surface area contributed by atoms with Gasteiger partial charge in [0.25, 0.3) is 0 Å². The monoisotopic (exact) mass is 312 g/mol. The highest BCUT2D eigenvalue weighted by molar-refractivity contribution is 5.93. The first-order valence-corrected chi connectivity index (χ1v) is 7.25. The average molecular weight is 312 g/mol. The summed E-state index contributed by atoms with van der Waals surface area (Å²) in [5.74, 6) is 0.921. The van der Waals surface area contributed by atoms with E-state index in [2.05, 4.69) is 0 Å². The van der Waals surface area contributed by atoms with Crippen molar-refractivity contribution in [2.45, 2.75) is 13.5 Å². The van der Waals surface area contributed by atoms with Gasteiger partial charge in [-0.25, -0.2) is 4.79 Å². The minimum Gasteiger partial charge on any atom is -0.493 e. The van der Waals surface area contributed by atoms with E-state index in [1.165, 1.54) is 7.11 Å². The van der Waals surface area contributed by atoms with Crippen LogP contribution in [0.25, 0.3) is 6.08 Å². The van der Waals surface area contributed by atoms with Crippen LogP contribution in [-0.4, -0.2) is 20.2 Å². The van der Waals surface area contributed by atoms with Gasteiger partial charge in [-0.05, 0) is 36.3 Å². The molecule has 0 N–H and O–H groups in total. The number of carbonyl (C=O) groups is 1. The summed E-state index contributed by atoms with van der Waals surface area (Å²) >= 11 is 0. The Morgan fingerprint density at radius 3 is 2.43 bits per heavy atom. The molecule has 0 heterocycles. The quantitative estimate of drug-likeness (QED) is 0.600. The van der Waals surface area contributed by atoms with Gasteiger partial charge < -0.3 is 14.2 Å². The minimum atomic E-state index is -0.354. The second kappa shape index (κ2) is 8.03. The maximum atomic E-state index is 11.5. The minimum absolute atomic E-state index is 0.354. The molecule has 0 spiro atoms. The van der Waals surface area contributed by atoms with Gasteiger partial charge in [0, 0.05) is 5.57 Å². The van der Waals surface area contributed by atoms with Crippen molar-refractivity contribution in [3.8, 4) is 11.5 Å². The van der Waals surface area contributed by atoms with E-state index < -0.39 is 0 Å². The van der Waals surface area contributed by atoms with E-state index in [1.807, 2.05) is 48.5 Å². The highest BCUT2D eigenvalue weighted by Gasteiger charge is 2.08. The van der Waals surface area contributed by atoms with Crippen molar-refractivity contribution >= 4 is 12.0 Å². The third kappa shape index (κ3) is 4.61. The van der Waals surface area contributed by atoms with Crippen molar-refractivity contribution in [3.05, 3.63) is 65.2 Å². The van der Waals surface area contributed by atoms with Crippen LogP contribution >= 0.6 is 0 Å². The van der Waals surface area contributed by atoms with Crippen LogP contribution in [-0.2, 0) is 16.1 Å². The van der Waals surface area contributed by atoms with Gasteiger partial charge >= 0.3 is 5.97 Å². The lowest BCUT2D eigenvalue weighted by atomic mass is 10.1. The zero-order chi connectivity index (χ0) is 16.7. The van der Waals surface area contributed by atoms with Crippen LogP contribution in [0.4, 0.5) is 0 Å². The van der Waals surface area contributed by atoms with Crippen LogP contribution in [0, 0.1) is 0 Å². The first kappa shape index (κ1) is 16.6. The summed E-state index contributed by atoms with van der Waals surface area (Å²) in [7, 11) is 2.96. The fourth-order valence-electron chi connectivity index (χ4n) is 2.10. The molecule has 2 rings (SSSR count). The Morgan fingerprint density at radius 2 is 1.78 bits per heavy atom. The Kier molecular flexibility index (Phi) is 5.80. The number of carbonyl (C=O) groups excluding carboxylic acids is 1. The smallest absolute Gasteiger partial charge is 0.333 e. The van der Waals surface area contributed by atoms with Gasteiger partial charge in [0.1, 0.15) is 6.61 Å². The van der Waals surface area contributed by atoms with E-state index in [-0.39, 0.29) is 5.97 Å². The predicted octanol–water partition coefficient (Wildman–Crippen LogP) is 3.85. The molecule has 0 fully saturated rings. The molecule has 120 valence electrons. The summed E-state index contributed by atoms with van der Waals surface area (Å²) in [4.78, 5) is 11.5. The molecule has 2 aromatic rings. The Balaban J connectivity index is 2.20. The predicted molar refractivity (Wildman–Crippen MR) is 89.4 cm³/mol. The van der Waals surface area contributed by atoms with E-state index in [4.69, 9.17) is 14.2 Å². The average Bonchev–Trinajstić information content (AvgIpc) is 2.60. The molecule has 0 radical (unpaired) electrons. The summed E-state index contributed by atoms with van der Waals surface area (Å²) in [6, 6.07) is 15.4. The van der Waals surface area contributed by atoms with Gasteiger partial charge in [0.05, 0.1) is 14.2 Å². The first-order valence-electron chi connectivity index (χ1n) is 7.25. The maximum Gasteiger partial charge on any atom is 0.333 e. The van der Waals surface area contributed by atoms with Crippen LogP contribution in [0.5, 0.6) is 11.5 Å². The van der Waals surface area contributed by atoms with Crippen LogP contribution < -0.4 is 9.47 Å². The summed E-state index contributed by atoms with van der Waals surface area (Å²) in [5.41, 5.74) is 2.43.